The lowest BCUT2D eigenvalue weighted by Gasteiger charge is -1.98. The predicted octanol–water partition coefficient (Wildman–Crippen LogP) is 1.90. The molecule has 0 N–H and O–H groups in total. The van der Waals surface area contributed by atoms with E-state index in [0.717, 1.165) is 0 Å². The second-order valence-corrected chi connectivity index (χ2v) is 3.76. The number of carbonyl (C=O) groups is 2. The Morgan fingerprint density at radius 2 is 2.06 bits per heavy atom. The number of carbonyl (C=O) groups excluding carboxylic acids is 2. The van der Waals surface area contributed by atoms with Crippen LogP contribution in [0.2, 0.25) is 0 Å². The summed E-state index contributed by atoms with van der Waals surface area (Å²) < 4.78 is 9.57. The quantitative estimate of drug-likeness (QED) is 0.594. The van der Waals surface area contributed by atoms with Crippen LogP contribution in [0.1, 0.15) is 29.2 Å². The number of nitrogens with zero attached hydrogens (tertiary/aromatic N) is 1. The van der Waals surface area contributed by atoms with Crippen LogP contribution in [0.25, 0.3) is 6.08 Å². The molecule has 1 aromatic rings. The van der Waals surface area contributed by atoms with Gasteiger partial charge in [0.1, 0.15) is 0 Å². The van der Waals surface area contributed by atoms with Crippen molar-refractivity contribution in [2.75, 3.05) is 13.2 Å². The molecule has 0 spiro atoms. The monoisotopic (exact) mass is 255 g/mol. The van der Waals surface area contributed by atoms with Crippen molar-refractivity contribution in [1.29, 1.82) is 0 Å². The van der Waals surface area contributed by atoms with Crippen molar-refractivity contribution in [3.05, 3.63) is 22.2 Å². The lowest BCUT2D eigenvalue weighted by molar-refractivity contribution is -0.137. The minimum absolute atomic E-state index is 0.220. The van der Waals surface area contributed by atoms with Gasteiger partial charge >= 0.3 is 11.9 Å². The van der Waals surface area contributed by atoms with E-state index >= 15 is 0 Å². The summed E-state index contributed by atoms with van der Waals surface area (Å²) in [5.74, 6) is -0.937. The summed E-state index contributed by atoms with van der Waals surface area (Å²) in [6.07, 6.45) is 2.77. The van der Waals surface area contributed by atoms with Crippen molar-refractivity contribution in [2.45, 2.75) is 13.8 Å². The van der Waals surface area contributed by atoms with Crippen molar-refractivity contribution in [3.8, 4) is 0 Å². The molecule has 0 unspecified atom stereocenters. The minimum Gasteiger partial charge on any atom is -0.463 e. The summed E-state index contributed by atoms with van der Waals surface area (Å²) in [7, 11) is 0. The summed E-state index contributed by atoms with van der Waals surface area (Å²) in [6, 6.07) is 0. The van der Waals surface area contributed by atoms with Gasteiger partial charge in [0, 0.05) is 6.08 Å². The van der Waals surface area contributed by atoms with E-state index in [1.165, 1.54) is 29.0 Å². The van der Waals surface area contributed by atoms with Crippen LogP contribution in [0, 0.1) is 0 Å². The van der Waals surface area contributed by atoms with Gasteiger partial charge < -0.3 is 9.47 Å². The first-order valence-electron chi connectivity index (χ1n) is 5.14. The number of hydrogen-bond acceptors (Lipinski definition) is 6. The van der Waals surface area contributed by atoms with Crippen LogP contribution in [0.4, 0.5) is 0 Å². The molecule has 0 aliphatic carbocycles. The zero-order valence-electron chi connectivity index (χ0n) is 9.63. The highest BCUT2D eigenvalue weighted by Crippen LogP contribution is 2.16. The van der Waals surface area contributed by atoms with Crippen LogP contribution >= 0.6 is 11.3 Å². The fourth-order valence-corrected chi connectivity index (χ4v) is 1.73. The molecule has 5 nitrogen and oxygen atoms in total. The predicted molar refractivity (Wildman–Crippen MR) is 63.7 cm³/mol. The molecule has 0 atom stereocenters. The van der Waals surface area contributed by atoms with Crippen LogP contribution in [0.5, 0.6) is 0 Å². The van der Waals surface area contributed by atoms with Gasteiger partial charge in [0.25, 0.3) is 0 Å². The van der Waals surface area contributed by atoms with Gasteiger partial charge in [-0.3, -0.25) is 0 Å². The standard InChI is InChI=1S/C11H13NO4S/c1-3-15-9(13)6-5-8-10(12-7-17-8)11(14)16-4-2/h5-7H,3-4H2,1-2H3/b6-5+. The average molecular weight is 255 g/mol. The number of aromatic nitrogens is 1. The van der Waals surface area contributed by atoms with Crippen LogP contribution in [0.15, 0.2) is 11.6 Å². The number of ether oxygens (including phenoxy) is 2. The molecule has 6 heteroatoms. The van der Waals surface area contributed by atoms with E-state index in [4.69, 9.17) is 9.47 Å². The van der Waals surface area contributed by atoms with Gasteiger partial charge in [-0.15, -0.1) is 11.3 Å². The van der Waals surface area contributed by atoms with Crippen molar-refractivity contribution >= 4 is 29.4 Å². The number of hydrogen-bond donors (Lipinski definition) is 0. The Bertz CT molecular complexity index is 425. The van der Waals surface area contributed by atoms with Crippen LogP contribution < -0.4 is 0 Å². The molecule has 1 heterocycles. The normalized spacial score (nSPS) is 10.5. The van der Waals surface area contributed by atoms with E-state index in [2.05, 4.69) is 4.98 Å². The van der Waals surface area contributed by atoms with E-state index in [0.29, 0.717) is 11.5 Å². The van der Waals surface area contributed by atoms with Gasteiger partial charge in [0.15, 0.2) is 5.69 Å². The summed E-state index contributed by atoms with van der Waals surface area (Å²) >= 11 is 1.26. The molecule has 0 bridgehead atoms. The Morgan fingerprint density at radius 3 is 2.71 bits per heavy atom. The highest BCUT2D eigenvalue weighted by Gasteiger charge is 2.14. The second-order valence-electron chi connectivity index (χ2n) is 2.87. The van der Waals surface area contributed by atoms with Crippen molar-refractivity contribution < 1.29 is 19.1 Å². The Hall–Kier alpha value is -1.69. The third kappa shape index (κ3) is 3.99. The lowest BCUT2D eigenvalue weighted by Crippen LogP contribution is -2.06. The first-order chi connectivity index (χ1) is 8.19. The molecule has 92 valence electrons. The number of rotatable bonds is 5. The molecule has 1 aromatic heterocycles. The molecule has 0 aromatic carbocycles. The second kappa shape index (κ2) is 6.80. The Morgan fingerprint density at radius 1 is 1.35 bits per heavy atom. The van der Waals surface area contributed by atoms with Gasteiger partial charge in [0.2, 0.25) is 0 Å². The molecular formula is C11H13NO4S. The lowest BCUT2D eigenvalue weighted by atomic mass is 10.3. The fourth-order valence-electron chi connectivity index (χ4n) is 1.06. The van der Waals surface area contributed by atoms with Crippen LogP contribution in [-0.4, -0.2) is 30.1 Å². The molecule has 0 aliphatic heterocycles. The van der Waals surface area contributed by atoms with Crippen LogP contribution in [-0.2, 0) is 14.3 Å². The maximum atomic E-state index is 11.5. The van der Waals surface area contributed by atoms with E-state index in [9.17, 15) is 9.59 Å². The molecule has 0 radical (unpaired) electrons. The number of esters is 2. The summed E-state index contributed by atoms with van der Waals surface area (Å²) in [5.41, 5.74) is 1.74. The van der Waals surface area contributed by atoms with Crippen LogP contribution in [0.3, 0.4) is 0 Å². The fraction of sp³-hybridized carbons (Fsp3) is 0.364. The smallest absolute Gasteiger partial charge is 0.358 e. The summed E-state index contributed by atoms with van der Waals surface area (Å²) in [6.45, 7) is 4.05. The molecule has 0 aliphatic rings. The minimum atomic E-state index is -0.489. The molecule has 0 fully saturated rings. The first-order valence-corrected chi connectivity index (χ1v) is 6.02. The molecular weight excluding hydrogens is 242 g/mol. The average Bonchev–Trinajstić information content (AvgIpc) is 2.75. The zero-order chi connectivity index (χ0) is 12.7. The van der Waals surface area contributed by atoms with E-state index in [1.54, 1.807) is 13.8 Å². The van der Waals surface area contributed by atoms with Crippen molar-refractivity contribution in [2.24, 2.45) is 0 Å². The number of thiazole rings is 1. The molecule has 1 rings (SSSR count). The third-order valence-corrected chi connectivity index (χ3v) is 2.52. The first kappa shape index (κ1) is 13.4. The van der Waals surface area contributed by atoms with Gasteiger partial charge in [-0.25, -0.2) is 14.6 Å². The Kier molecular flexibility index (Phi) is 5.35. The maximum absolute atomic E-state index is 11.5. The zero-order valence-corrected chi connectivity index (χ0v) is 10.5. The van der Waals surface area contributed by atoms with Gasteiger partial charge in [-0.2, -0.15) is 0 Å². The summed E-state index contributed by atoms with van der Waals surface area (Å²) in [5, 5.41) is 0. The molecule has 17 heavy (non-hydrogen) atoms. The van der Waals surface area contributed by atoms with Gasteiger partial charge in [-0.1, -0.05) is 0 Å². The molecule has 0 amide bonds. The summed E-state index contributed by atoms with van der Waals surface area (Å²) in [4.78, 5) is 27.1. The largest absolute Gasteiger partial charge is 0.463 e. The van der Waals surface area contributed by atoms with Gasteiger partial charge in [-0.05, 0) is 19.9 Å². The van der Waals surface area contributed by atoms with Crippen molar-refractivity contribution in [1.82, 2.24) is 4.98 Å². The highest BCUT2D eigenvalue weighted by atomic mass is 32.1. The maximum Gasteiger partial charge on any atom is 0.358 e. The Labute approximate surface area is 103 Å². The van der Waals surface area contributed by atoms with E-state index in [1.807, 2.05) is 0 Å². The SMILES string of the molecule is CCOC(=O)/C=C/c1scnc1C(=O)OCC. The van der Waals surface area contributed by atoms with Crippen molar-refractivity contribution in [3.63, 3.8) is 0 Å². The molecule has 0 saturated heterocycles. The Balaban J connectivity index is 2.75. The third-order valence-electron chi connectivity index (χ3n) is 1.72. The van der Waals surface area contributed by atoms with Gasteiger partial charge in [0.05, 0.1) is 23.6 Å². The molecule has 0 saturated carbocycles. The van der Waals surface area contributed by atoms with E-state index < -0.39 is 11.9 Å². The van der Waals surface area contributed by atoms with E-state index in [-0.39, 0.29) is 12.3 Å². The highest BCUT2D eigenvalue weighted by molar-refractivity contribution is 7.10. The topological polar surface area (TPSA) is 65.5 Å².